The number of benzene rings is 1. The van der Waals surface area contributed by atoms with E-state index < -0.39 is 9.70 Å². The number of pyridine rings is 1. The van der Waals surface area contributed by atoms with Crippen LogP contribution in [0.4, 0.5) is 0 Å². The number of ether oxygens (including phenoxy) is 1. The Morgan fingerprint density at radius 3 is 2.83 bits per heavy atom. The second-order valence-corrected chi connectivity index (χ2v) is 7.57. The number of aromatic nitrogens is 6. The molecule has 4 rings (SSSR count). The summed E-state index contributed by atoms with van der Waals surface area (Å²) in [6, 6.07) is 13.6. The highest BCUT2D eigenvalue weighted by Gasteiger charge is 2.21. The lowest BCUT2D eigenvalue weighted by Crippen LogP contribution is -1.97. The molecule has 4 aromatic rings. The van der Waals surface area contributed by atoms with E-state index >= 15 is 0 Å². The summed E-state index contributed by atoms with van der Waals surface area (Å²) in [5.41, 5.74) is 1.61. The predicted octanol–water partition coefficient (Wildman–Crippen LogP) is 2.92. The van der Waals surface area contributed by atoms with Gasteiger partial charge >= 0.3 is 0 Å². The van der Waals surface area contributed by atoms with Gasteiger partial charge in [-0.05, 0) is 33.0 Å². The van der Waals surface area contributed by atoms with Crippen LogP contribution in [-0.4, -0.2) is 36.7 Å². The third kappa shape index (κ3) is 2.76. The molecule has 0 saturated carbocycles. The van der Waals surface area contributed by atoms with Gasteiger partial charge in [0.1, 0.15) is 0 Å². The molecule has 0 amide bonds. The zero-order valence-electron chi connectivity index (χ0n) is 12.0. The quantitative estimate of drug-likeness (QED) is 0.416. The highest BCUT2D eigenvalue weighted by molar-refractivity contribution is 8.44. The maximum absolute atomic E-state index is 5.13. The monoisotopic (exact) mass is 343 g/mol. The van der Waals surface area contributed by atoms with E-state index in [1.807, 2.05) is 42.5 Å². The Morgan fingerprint density at radius 2 is 2.00 bits per heavy atom. The van der Waals surface area contributed by atoms with Crippen LogP contribution in [-0.2, 0) is 0 Å². The van der Waals surface area contributed by atoms with Crippen molar-refractivity contribution in [2.45, 2.75) is 5.16 Å². The summed E-state index contributed by atoms with van der Waals surface area (Å²) in [4.78, 5) is 4.35. The first-order valence-corrected chi connectivity index (χ1v) is 9.28. The minimum absolute atomic E-state index is 0.412. The van der Waals surface area contributed by atoms with E-state index in [0.717, 1.165) is 11.1 Å². The van der Waals surface area contributed by atoms with Gasteiger partial charge < -0.3 is 4.74 Å². The van der Waals surface area contributed by atoms with Gasteiger partial charge in [-0.15, -0.1) is 0 Å². The maximum atomic E-state index is 5.13. The molecule has 1 unspecified atom stereocenters. The molecule has 0 N–H and O–H groups in total. The highest BCUT2D eigenvalue weighted by atomic mass is 33.1. The molecular weight excluding hydrogens is 332 g/mol. The second-order valence-electron chi connectivity index (χ2n) is 4.54. The van der Waals surface area contributed by atoms with Gasteiger partial charge in [0.2, 0.25) is 22.3 Å². The molecule has 0 saturated heterocycles. The Balaban J connectivity index is 1.68. The summed E-state index contributed by atoms with van der Waals surface area (Å²) in [6.07, 6.45) is 0. The molecule has 114 valence electrons. The van der Waals surface area contributed by atoms with Crippen molar-refractivity contribution in [2.75, 3.05) is 7.11 Å². The van der Waals surface area contributed by atoms with E-state index in [0.29, 0.717) is 16.7 Å². The van der Waals surface area contributed by atoms with E-state index in [2.05, 4.69) is 30.3 Å². The Kier molecular flexibility index (Phi) is 3.64. The molecule has 0 aliphatic rings. The van der Waals surface area contributed by atoms with Gasteiger partial charge in [0.05, 0.1) is 18.2 Å². The van der Waals surface area contributed by atoms with Gasteiger partial charge in [-0.1, -0.05) is 23.3 Å². The van der Waals surface area contributed by atoms with Gasteiger partial charge in [-0.2, -0.15) is 9.67 Å². The van der Waals surface area contributed by atoms with Gasteiger partial charge in [0.25, 0.3) is 5.16 Å². The zero-order chi connectivity index (χ0) is 15.6. The molecule has 23 heavy (non-hydrogen) atoms. The van der Waals surface area contributed by atoms with E-state index in [9.17, 15) is 0 Å². The number of hydrogen-bond acceptors (Lipinski definition) is 7. The van der Waals surface area contributed by atoms with Gasteiger partial charge in [0.15, 0.2) is 15.1 Å². The zero-order valence-corrected chi connectivity index (χ0v) is 13.7. The molecule has 0 aliphatic heterocycles. The molecule has 9 heteroatoms. The topological polar surface area (TPSA) is 78.6 Å². The molecule has 7 nitrogen and oxygen atoms in total. The fourth-order valence-corrected chi connectivity index (χ4v) is 4.86. The second kappa shape index (κ2) is 5.94. The van der Waals surface area contributed by atoms with Crippen molar-refractivity contribution in [1.29, 1.82) is 0 Å². The Morgan fingerprint density at radius 1 is 1.13 bits per heavy atom. The molecule has 0 bridgehead atoms. The van der Waals surface area contributed by atoms with Gasteiger partial charge in [-0.25, -0.2) is 0 Å². The molecule has 1 aromatic carbocycles. The first-order valence-electron chi connectivity index (χ1n) is 6.70. The molecule has 0 aliphatic carbocycles. The summed E-state index contributed by atoms with van der Waals surface area (Å²) >= 11 is 0. The average molecular weight is 343 g/mol. The first kappa shape index (κ1) is 14.1. The SMILES string of the molecule is COc1ccc2c[s+](Sc3nnnn3-c3ccccc3)nc2n1. The molecule has 0 fully saturated rings. The van der Waals surface area contributed by atoms with Crippen molar-refractivity contribution in [3.63, 3.8) is 0 Å². The Bertz CT molecular complexity index is 952. The largest absolute Gasteiger partial charge is 0.481 e. The lowest BCUT2D eigenvalue weighted by molar-refractivity contribution is 0.399. The van der Waals surface area contributed by atoms with E-state index in [1.54, 1.807) is 11.8 Å². The van der Waals surface area contributed by atoms with Crippen molar-refractivity contribution in [3.8, 4) is 11.6 Å². The standard InChI is InChI=1S/C14H11N6OS2/c1-21-12-8-7-10-9-23(17-13(10)15-12)22-14-16-18-19-20(14)11-5-3-2-4-6-11/h2-9H,1H3/q+1. The van der Waals surface area contributed by atoms with Crippen LogP contribution in [0.15, 0.2) is 53.0 Å². The lowest BCUT2D eigenvalue weighted by atomic mass is 10.3. The molecule has 0 radical (unpaired) electrons. The van der Waals surface area contributed by atoms with Crippen LogP contribution in [0, 0.1) is 0 Å². The third-order valence-electron chi connectivity index (χ3n) is 3.09. The average Bonchev–Trinajstić information content (AvgIpc) is 3.21. The van der Waals surface area contributed by atoms with Crippen LogP contribution < -0.4 is 4.74 Å². The number of rotatable bonds is 4. The molecule has 1 atom stereocenters. The Hall–Kier alpha value is -2.52. The van der Waals surface area contributed by atoms with Crippen molar-refractivity contribution in [1.82, 2.24) is 29.6 Å². The number of nitrogens with zero attached hydrogens (tertiary/aromatic N) is 6. The maximum Gasteiger partial charge on any atom is 0.273 e. The third-order valence-corrected chi connectivity index (χ3v) is 5.95. The van der Waals surface area contributed by atoms with Crippen LogP contribution in [0.5, 0.6) is 5.88 Å². The predicted molar refractivity (Wildman–Crippen MR) is 89.0 cm³/mol. The first-order chi connectivity index (χ1) is 11.3. The van der Waals surface area contributed by atoms with Crippen LogP contribution in [0.25, 0.3) is 16.7 Å². The number of para-hydroxylation sites is 1. The van der Waals surface area contributed by atoms with Crippen LogP contribution in [0.2, 0.25) is 0 Å². The normalized spacial score (nSPS) is 11.8. The van der Waals surface area contributed by atoms with Crippen molar-refractivity contribution >= 4 is 31.5 Å². The smallest absolute Gasteiger partial charge is 0.273 e. The molecule has 0 spiro atoms. The van der Waals surface area contributed by atoms with Gasteiger partial charge in [0, 0.05) is 6.07 Å². The molecule has 3 aromatic heterocycles. The van der Waals surface area contributed by atoms with Gasteiger partial charge in [-0.3, -0.25) is 0 Å². The fourth-order valence-electron chi connectivity index (χ4n) is 2.02. The molecule has 3 heterocycles. The van der Waals surface area contributed by atoms with Crippen LogP contribution in [0.1, 0.15) is 0 Å². The van der Waals surface area contributed by atoms with E-state index in [4.69, 9.17) is 4.74 Å². The number of tetrazole rings is 1. The number of fused-ring (bicyclic) bond motifs is 1. The van der Waals surface area contributed by atoms with E-state index in [-0.39, 0.29) is 0 Å². The summed E-state index contributed by atoms with van der Waals surface area (Å²) in [6.45, 7) is 0. The van der Waals surface area contributed by atoms with Crippen molar-refractivity contribution in [2.24, 2.45) is 0 Å². The van der Waals surface area contributed by atoms with Crippen LogP contribution >= 0.6 is 20.5 Å². The summed E-state index contributed by atoms with van der Waals surface area (Å²) in [5, 5.41) is 15.7. The van der Waals surface area contributed by atoms with Crippen molar-refractivity contribution < 1.29 is 4.74 Å². The summed E-state index contributed by atoms with van der Waals surface area (Å²) < 4.78 is 11.4. The highest BCUT2D eigenvalue weighted by Crippen LogP contribution is 2.38. The summed E-state index contributed by atoms with van der Waals surface area (Å²) in [5.74, 6) is 0.561. The number of methoxy groups -OCH3 is 1. The minimum Gasteiger partial charge on any atom is -0.481 e. The summed E-state index contributed by atoms with van der Waals surface area (Å²) in [7, 11) is 2.68. The van der Waals surface area contributed by atoms with E-state index in [1.165, 1.54) is 10.8 Å². The minimum atomic E-state index is -0.412. The Labute approximate surface area is 137 Å². The molecular formula is C14H11N6OS2+. The van der Waals surface area contributed by atoms with Crippen molar-refractivity contribution in [3.05, 3.63) is 47.8 Å². The fraction of sp³-hybridized carbons (Fsp3) is 0.0714. The van der Waals surface area contributed by atoms with Crippen LogP contribution in [0.3, 0.4) is 0 Å². The number of hydrogen-bond donors (Lipinski definition) is 0. The lowest BCUT2D eigenvalue weighted by Gasteiger charge is -1.98.